The molecular weight excluding hydrogens is 313 g/mol. The zero-order chi connectivity index (χ0) is 15.2. The van der Waals surface area contributed by atoms with Crippen molar-refractivity contribution in [1.82, 2.24) is 5.32 Å². The molecule has 4 nitrogen and oxygen atoms in total. The van der Waals surface area contributed by atoms with Crippen LogP contribution in [0.2, 0.25) is 10.0 Å². The van der Waals surface area contributed by atoms with E-state index in [1.807, 2.05) is 0 Å². The van der Waals surface area contributed by atoms with E-state index in [1.165, 1.54) is 0 Å². The molecule has 1 aliphatic carbocycles. The van der Waals surface area contributed by atoms with Crippen molar-refractivity contribution in [3.05, 3.63) is 28.2 Å². The fraction of sp³-hybridized carbons (Fsp3) is 0.533. The van der Waals surface area contributed by atoms with Crippen LogP contribution in [0.25, 0.3) is 0 Å². The van der Waals surface area contributed by atoms with Crippen molar-refractivity contribution in [2.45, 2.75) is 19.3 Å². The monoisotopic (exact) mass is 331 g/mol. The zero-order valence-corrected chi connectivity index (χ0v) is 13.2. The summed E-state index contributed by atoms with van der Waals surface area (Å²) >= 11 is 11.8. The van der Waals surface area contributed by atoms with Gasteiger partial charge in [-0.1, -0.05) is 29.6 Å². The highest BCUT2D eigenvalue weighted by Gasteiger charge is 2.32. The van der Waals surface area contributed by atoms with Gasteiger partial charge in [0.2, 0.25) is 0 Å². The van der Waals surface area contributed by atoms with Crippen molar-refractivity contribution in [1.29, 1.82) is 0 Å². The van der Waals surface area contributed by atoms with E-state index in [9.17, 15) is 4.79 Å². The number of ether oxygens (including phenoxy) is 1. The van der Waals surface area contributed by atoms with Gasteiger partial charge in [0, 0.05) is 11.6 Å². The highest BCUT2D eigenvalue weighted by atomic mass is 35.5. The van der Waals surface area contributed by atoms with E-state index >= 15 is 0 Å². The van der Waals surface area contributed by atoms with Gasteiger partial charge < -0.3 is 15.2 Å². The fourth-order valence-corrected chi connectivity index (χ4v) is 3.18. The molecule has 0 aliphatic heterocycles. The van der Waals surface area contributed by atoms with Gasteiger partial charge in [-0.05, 0) is 43.5 Å². The molecule has 1 aromatic carbocycles. The Balaban J connectivity index is 1.67. The van der Waals surface area contributed by atoms with Crippen LogP contribution in [0.15, 0.2) is 18.2 Å². The second-order valence-corrected chi connectivity index (χ2v) is 6.11. The second kappa shape index (κ2) is 7.87. The van der Waals surface area contributed by atoms with Gasteiger partial charge in [-0.15, -0.1) is 0 Å². The minimum Gasteiger partial charge on any atom is -0.491 e. The van der Waals surface area contributed by atoms with Gasteiger partial charge in [0.05, 0.1) is 10.9 Å². The second-order valence-electron chi connectivity index (χ2n) is 5.26. The molecule has 1 aromatic rings. The lowest BCUT2D eigenvalue weighted by atomic mass is 9.96. The Morgan fingerprint density at radius 1 is 1.38 bits per heavy atom. The summed E-state index contributed by atoms with van der Waals surface area (Å²) in [4.78, 5) is 11.1. The Morgan fingerprint density at radius 3 is 2.90 bits per heavy atom. The van der Waals surface area contributed by atoms with Gasteiger partial charge in [-0.25, -0.2) is 0 Å². The smallest absolute Gasteiger partial charge is 0.306 e. The minimum absolute atomic E-state index is 0.205. The van der Waals surface area contributed by atoms with E-state index < -0.39 is 5.97 Å². The first-order valence-electron chi connectivity index (χ1n) is 7.09. The van der Waals surface area contributed by atoms with Crippen LogP contribution in [0, 0.1) is 11.8 Å². The number of carbonyl (C=O) groups is 1. The SMILES string of the molecule is O=C(O)C1CCCC1CNCCOc1ccc(Cl)cc1Cl. The van der Waals surface area contributed by atoms with Crippen LogP contribution in [0.4, 0.5) is 0 Å². The largest absolute Gasteiger partial charge is 0.491 e. The number of nitrogens with one attached hydrogen (secondary N) is 1. The molecule has 2 rings (SSSR count). The molecule has 0 heterocycles. The van der Waals surface area contributed by atoms with E-state index in [4.69, 9.17) is 33.0 Å². The first-order chi connectivity index (χ1) is 10.1. The summed E-state index contributed by atoms with van der Waals surface area (Å²) in [5.74, 6) is -0.0543. The topological polar surface area (TPSA) is 58.6 Å². The van der Waals surface area contributed by atoms with Crippen LogP contribution in [0.3, 0.4) is 0 Å². The standard InChI is InChI=1S/C15H19Cl2NO3/c16-11-4-5-14(13(17)8-11)21-7-6-18-9-10-2-1-3-12(10)15(19)20/h4-5,8,10,12,18H,1-3,6-7,9H2,(H,19,20). The molecule has 0 saturated heterocycles. The maximum Gasteiger partial charge on any atom is 0.306 e. The predicted octanol–water partition coefficient (Wildman–Crippen LogP) is 3.46. The van der Waals surface area contributed by atoms with E-state index in [2.05, 4.69) is 5.32 Å². The van der Waals surface area contributed by atoms with Crippen LogP contribution in [0.5, 0.6) is 5.75 Å². The Bertz CT molecular complexity index is 496. The fourth-order valence-electron chi connectivity index (χ4n) is 2.72. The average Bonchev–Trinajstić information content (AvgIpc) is 2.89. The van der Waals surface area contributed by atoms with E-state index in [-0.39, 0.29) is 11.8 Å². The van der Waals surface area contributed by atoms with Crippen LogP contribution in [0.1, 0.15) is 19.3 Å². The molecule has 1 saturated carbocycles. The Labute approximate surface area is 134 Å². The third kappa shape index (κ3) is 4.77. The molecule has 0 bridgehead atoms. The van der Waals surface area contributed by atoms with Crippen molar-refractivity contribution in [2.75, 3.05) is 19.7 Å². The number of carboxylic acid groups (broad SMARTS) is 1. The van der Waals surface area contributed by atoms with Gasteiger partial charge in [-0.3, -0.25) is 4.79 Å². The lowest BCUT2D eigenvalue weighted by Gasteiger charge is -2.16. The van der Waals surface area contributed by atoms with Crippen molar-refractivity contribution in [3.8, 4) is 5.75 Å². The normalized spacial score (nSPS) is 21.4. The molecule has 0 aromatic heterocycles. The maximum atomic E-state index is 11.1. The number of hydrogen-bond acceptors (Lipinski definition) is 3. The van der Waals surface area contributed by atoms with Gasteiger partial charge >= 0.3 is 5.97 Å². The Kier molecular flexibility index (Phi) is 6.15. The van der Waals surface area contributed by atoms with Crippen LogP contribution in [-0.4, -0.2) is 30.8 Å². The van der Waals surface area contributed by atoms with Gasteiger partial charge in [0.25, 0.3) is 0 Å². The van der Waals surface area contributed by atoms with Gasteiger partial charge in [-0.2, -0.15) is 0 Å². The summed E-state index contributed by atoms with van der Waals surface area (Å²) in [6, 6.07) is 5.11. The molecule has 21 heavy (non-hydrogen) atoms. The first kappa shape index (κ1) is 16.4. The molecule has 0 spiro atoms. The summed E-state index contributed by atoms with van der Waals surface area (Å²) in [5.41, 5.74) is 0. The quantitative estimate of drug-likeness (QED) is 0.751. The summed E-state index contributed by atoms with van der Waals surface area (Å²) in [6.07, 6.45) is 2.77. The summed E-state index contributed by atoms with van der Waals surface area (Å²) < 4.78 is 5.56. The Hall–Kier alpha value is -0.970. The van der Waals surface area contributed by atoms with Crippen molar-refractivity contribution in [2.24, 2.45) is 11.8 Å². The highest BCUT2D eigenvalue weighted by Crippen LogP contribution is 2.31. The van der Waals surface area contributed by atoms with Crippen molar-refractivity contribution in [3.63, 3.8) is 0 Å². The number of carboxylic acids is 1. The molecule has 2 N–H and O–H groups in total. The molecule has 6 heteroatoms. The molecule has 2 unspecified atom stereocenters. The Morgan fingerprint density at radius 2 is 2.19 bits per heavy atom. The summed E-state index contributed by atoms with van der Waals surface area (Å²) in [6.45, 7) is 1.85. The molecule has 0 radical (unpaired) electrons. The zero-order valence-electron chi connectivity index (χ0n) is 11.6. The predicted molar refractivity (Wildman–Crippen MR) is 83.3 cm³/mol. The van der Waals surface area contributed by atoms with Crippen LogP contribution < -0.4 is 10.1 Å². The molecule has 1 aliphatic rings. The lowest BCUT2D eigenvalue weighted by Crippen LogP contribution is -2.31. The molecule has 0 amide bonds. The van der Waals surface area contributed by atoms with Gasteiger partial charge in [0.1, 0.15) is 12.4 Å². The molecular formula is C15H19Cl2NO3. The number of rotatable bonds is 7. The summed E-state index contributed by atoms with van der Waals surface area (Å²) in [7, 11) is 0. The van der Waals surface area contributed by atoms with E-state index in [1.54, 1.807) is 18.2 Å². The number of benzene rings is 1. The number of halogens is 2. The first-order valence-corrected chi connectivity index (χ1v) is 7.85. The van der Waals surface area contributed by atoms with Crippen LogP contribution >= 0.6 is 23.2 Å². The average molecular weight is 332 g/mol. The molecule has 2 atom stereocenters. The van der Waals surface area contributed by atoms with Gasteiger partial charge in [0.15, 0.2) is 0 Å². The van der Waals surface area contributed by atoms with E-state index in [0.29, 0.717) is 35.5 Å². The maximum absolute atomic E-state index is 11.1. The molecule has 116 valence electrons. The molecule has 1 fully saturated rings. The third-order valence-corrected chi connectivity index (χ3v) is 4.34. The van der Waals surface area contributed by atoms with Crippen molar-refractivity contribution < 1.29 is 14.6 Å². The van der Waals surface area contributed by atoms with Crippen molar-refractivity contribution >= 4 is 29.2 Å². The van der Waals surface area contributed by atoms with E-state index in [0.717, 1.165) is 19.3 Å². The minimum atomic E-state index is -0.677. The van der Waals surface area contributed by atoms with Crippen LogP contribution in [-0.2, 0) is 4.79 Å². The third-order valence-electron chi connectivity index (χ3n) is 3.81. The summed E-state index contributed by atoms with van der Waals surface area (Å²) in [5, 5.41) is 13.4. The number of hydrogen-bond donors (Lipinski definition) is 2. The highest BCUT2D eigenvalue weighted by molar-refractivity contribution is 6.35. The number of aliphatic carboxylic acids is 1. The lowest BCUT2D eigenvalue weighted by molar-refractivity contribution is -0.142.